The number of imidazole rings is 1. The van der Waals surface area contributed by atoms with Crippen LogP contribution in [0.1, 0.15) is 36.6 Å². The summed E-state index contributed by atoms with van der Waals surface area (Å²) in [5.41, 5.74) is 6.06. The molecule has 1 aromatic heterocycles. The van der Waals surface area contributed by atoms with E-state index >= 15 is 0 Å². The highest BCUT2D eigenvalue weighted by Gasteiger charge is 2.18. The maximum atomic E-state index is 11.4. The van der Waals surface area contributed by atoms with Gasteiger partial charge in [0.25, 0.3) is 0 Å². The number of nitrogens with two attached hydrogens (primary N) is 1. The van der Waals surface area contributed by atoms with Gasteiger partial charge < -0.3 is 19.8 Å². The Bertz CT molecular complexity index is 427. The lowest BCUT2D eigenvalue weighted by Crippen LogP contribution is -2.12. The zero-order chi connectivity index (χ0) is 14.4. The SMILES string of the molecule is COC(=O)c1nc(C)n(CCOCCC(C)C)c1N. The summed E-state index contributed by atoms with van der Waals surface area (Å²) in [7, 11) is 1.31. The van der Waals surface area contributed by atoms with Gasteiger partial charge >= 0.3 is 5.97 Å². The van der Waals surface area contributed by atoms with Crippen LogP contribution in [0.25, 0.3) is 0 Å². The van der Waals surface area contributed by atoms with E-state index in [1.54, 1.807) is 11.5 Å². The summed E-state index contributed by atoms with van der Waals surface area (Å²) in [6.45, 7) is 7.98. The fourth-order valence-electron chi connectivity index (χ4n) is 1.69. The summed E-state index contributed by atoms with van der Waals surface area (Å²) in [5, 5.41) is 0. The van der Waals surface area contributed by atoms with Gasteiger partial charge in [0.1, 0.15) is 11.6 Å². The van der Waals surface area contributed by atoms with Gasteiger partial charge in [0.05, 0.1) is 13.7 Å². The van der Waals surface area contributed by atoms with Gasteiger partial charge in [-0.2, -0.15) is 0 Å². The third-order valence-corrected chi connectivity index (χ3v) is 2.88. The number of carbonyl (C=O) groups excluding carboxylic acids is 1. The van der Waals surface area contributed by atoms with Crippen molar-refractivity contribution >= 4 is 11.8 Å². The van der Waals surface area contributed by atoms with E-state index in [9.17, 15) is 4.79 Å². The van der Waals surface area contributed by atoms with Gasteiger partial charge in [-0.05, 0) is 19.3 Å². The summed E-state index contributed by atoms with van der Waals surface area (Å²) >= 11 is 0. The van der Waals surface area contributed by atoms with Gasteiger partial charge in [0.2, 0.25) is 0 Å². The minimum Gasteiger partial charge on any atom is -0.464 e. The number of hydrogen-bond acceptors (Lipinski definition) is 5. The number of methoxy groups -OCH3 is 1. The Kier molecular flexibility index (Phi) is 5.82. The Morgan fingerprint density at radius 2 is 2.11 bits per heavy atom. The maximum Gasteiger partial charge on any atom is 0.360 e. The second-order valence-corrected chi connectivity index (χ2v) is 4.83. The van der Waals surface area contributed by atoms with E-state index in [-0.39, 0.29) is 5.69 Å². The van der Waals surface area contributed by atoms with Gasteiger partial charge in [0.15, 0.2) is 5.69 Å². The predicted octanol–water partition coefficient (Wildman–Crippen LogP) is 1.62. The van der Waals surface area contributed by atoms with Gasteiger partial charge in [-0.15, -0.1) is 0 Å². The monoisotopic (exact) mass is 269 g/mol. The molecule has 2 N–H and O–H groups in total. The second-order valence-electron chi connectivity index (χ2n) is 4.83. The molecule has 1 rings (SSSR count). The highest BCUT2D eigenvalue weighted by atomic mass is 16.5. The molecule has 0 unspecified atom stereocenters. The van der Waals surface area contributed by atoms with Crippen LogP contribution in [0.15, 0.2) is 0 Å². The largest absolute Gasteiger partial charge is 0.464 e. The first-order valence-electron chi connectivity index (χ1n) is 6.46. The van der Waals surface area contributed by atoms with Crippen LogP contribution in [0.3, 0.4) is 0 Å². The number of ether oxygens (including phenoxy) is 2. The second kappa shape index (κ2) is 7.13. The minimum absolute atomic E-state index is 0.169. The van der Waals surface area contributed by atoms with Crippen molar-refractivity contribution in [3.63, 3.8) is 0 Å². The fraction of sp³-hybridized carbons (Fsp3) is 0.692. The molecule has 0 saturated heterocycles. The Balaban J connectivity index is 2.54. The number of rotatable bonds is 7. The number of carbonyl (C=O) groups is 1. The summed E-state index contributed by atoms with van der Waals surface area (Å²) < 4.78 is 11.9. The number of esters is 1. The zero-order valence-corrected chi connectivity index (χ0v) is 12.1. The molecule has 0 bridgehead atoms. The molecule has 19 heavy (non-hydrogen) atoms. The molecule has 0 amide bonds. The zero-order valence-electron chi connectivity index (χ0n) is 12.1. The Morgan fingerprint density at radius 3 is 2.68 bits per heavy atom. The van der Waals surface area contributed by atoms with Crippen molar-refractivity contribution < 1.29 is 14.3 Å². The van der Waals surface area contributed by atoms with E-state index in [0.29, 0.717) is 30.7 Å². The van der Waals surface area contributed by atoms with Gasteiger partial charge in [-0.3, -0.25) is 0 Å². The molecule has 6 heteroatoms. The normalized spacial score (nSPS) is 11.0. The molecule has 0 aromatic carbocycles. The van der Waals surface area contributed by atoms with E-state index in [0.717, 1.165) is 13.0 Å². The molecule has 6 nitrogen and oxygen atoms in total. The lowest BCUT2D eigenvalue weighted by atomic mass is 10.1. The van der Waals surface area contributed by atoms with E-state index in [1.807, 2.05) is 0 Å². The number of aryl methyl sites for hydroxylation is 1. The lowest BCUT2D eigenvalue weighted by molar-refractivity contribution is 0.0595. The molecule has 0 spiro atoms. The summed E-state index contributed by atoms with van der Waals surface area (Å²) in [4.78, 5) is 15.6. The van der Waals surface area contributed by atoms with Gasteiger partial charge in [-0.25, -0.2) is 9.78 Å². The van der Waals surface area contributed by atoms with Crippen molar-refractivity contribution in [2.45, 2.75) is 33.7 Å². The molecule has 1 heterocycles. The van der Waals surface area contributed by atoms with Crippen LogP contribution >= 0.6 is 0 Å². The highest BCUT2D eigenvalue weighted by molar-refractivity contribution is 5.92. The summed E-state index contributed by atoms with van der Waals surface area (Å²) in [6, 6.07) is 0. The van der Waals surface area contributed by atoms with Crippen LogP contribution in [0.2, 0.25) is 0 Å². The predicted molar refractivity (Wildman–Crippen MR) is 73.0 cm³/mol. The van der Waals surface area contributed by atoms with Crippen molar-refractivity contribution in [2.75, 3.05) is 26.1 Å². The van der Waals surface area contributed by atoms with E-state index in [4.69, 9.17) is 10.5 Å². The van der Waals surface area contributed by atoms with Crippen LogP contribution in [-0.4, -0.2) is 35.8 Å². The maximum absolute atomic E-state index is 11.4. The Labute approximate surface area is 113 Å². The average molecular weight is 269 g/mol. The van der Waals surface area contributed by atoms with Crippen LogP contribution in [0.5, 0.6) is 0 Å². The molecule has 0 aliphatic rings. The third kappa shape index (κ3) is 4.24. The Morgan fingerprint density at radius 1 is 1.42 bits per heavy atom. The molecule has 0 radical (unpaired) electrons. The number of anilines is 1. The van der Waals surface area contributed by atoms with Crippen LogP contribution in [-0.2, 0) is 16.0 Å². The minimum atomic E-state index is -0.514. The van der Waals surface area contributed by atoms with Crippen molar-refractivity contribution in [2.24, 2.45) is 5.92 Å². The number of aromatic nitrogens is 2. The number of nitrogen functional groups attached to an aromatic ring is 1. The average Bonchev–Trinajstić information content (AvgIpc) is 2.64. The molecule has 0 aliphatic carbocycles. The molecule has 108 valence electrons. The van der Waals surface area contributed by atoms with Crippen LogP contribution in [0.4, 0.5) is 5.82 Å². The molecule has 0 saturated carbocycles. The standard InChI is InChI=1S/C13H23N3O3/c1-9(2)5-7-19-8-6-16-10(3)15-11(12(16)14)13(17)18-4/h9H,5-8,14H2,1-4H3. The van der Waals surface area contributed by atoms with Crippen molar-refractivity contribution in [1.29, 1.82) is 0 Å². The van der Waals surface area contributed by atoms with Gasteiger partial charge in [0, 0.05) is 13.2 Å². The first-order chi connectivity index (χ1) is 8.97. The van der Waals surface area contributed by atoms with E-state index in [1.165, 1.54) is 7.11 Å². The first-order valence-corrected chi connectivity index (χ1v) is 6.46. The van der Waals surface area contributed by atoms with Crippen molar-refractivity contribution in [1.82, 2.24) is 9.55 Å². The molecule has 0 atom stereocenters. The molecular formula is C13H23N3O3. The third-order valence-electron chi connectivity index (χ3n) is 2.88. The molecule has 1 aromatic rings. The summed E-state index contributed by atoms with van der Waals surface area (Å²) in [5.74, 6) is 1.13. The van der Waals surface area contributed by atoms with Crippen LogP contribution in [0, 0.1) is 12.8 Å². The quantitative estimate of drug-likeness (QED) is 0.601. The molecular weight excluding hydrogens is 246 g/mol. The summed E-state index contributed by atoms with van der Waals surface area (Å²) in [6.07, 6.45) is 1.03. The van der Waals surface area contributed by atoms with Crippen molar-refractivity contribution in [3.05, 3.63) is 11.5 Å². The first kappa shape index (κ1) is 15.5. The topological polar surface area (TPSA) is 79.4 Å². The number of nitrogens with zero attached hydrogens (tertiary/aromatic N) is 2. The van der Waals surface area contributed by atoms with Crippen LogP contribution < -0.4 is 5.73 Å². The molecule has 0 fully saturated rings. The van der Waals surface area contributed by atoms with E-state index < -0.39 is 5.97 Å². The smallest absolute Gasteiger partial charge is 0.360 e. The van der Waals surface area contributed by atoms with E-state index in [2.05, 4.69) is 23.6 Å². The van der Waals surface area contributed by atoms with Crippen molar-refractivity contribution in [3.8, 4) is 0 Å². The number of hydrogen-bond donors (Lipinski definition) is 1. The molecule has 0 aliphatic heterocycles. The lowest BCUT2D eigenvalue weighted by Gasteiger charge is -2.09. The Hall–Kier alpha value is -1.56. The fourth-order valence-corrected chi connectivity index (χ4v) is 1.69. The highest BCUT2D eigenvalue weighted by Crippen LogP contribution is 2.15. The van der Waals surface area contributed by atoms with Gasteiger partial charge in [-0.1, -0.05) is 13.8 Å².